The van der Waals surface area contributed by atoms with E-state index in [1.54, 1.807) is 22.8 Å². The summed E-state index contributed by atoms with van der Waals surface area (Å²) in [6.45, 7) is 5.35. The van der Waals surface area contributed by atoms with Crippen LogP contribution in [0.1, 0.15) is 35.4 Å². The maximum Gasteiger partial charge on any atom is 0.338 e. The number of likely N-dealkylation sites (N-methyl/N-ethyl adjacent to an activating group) is 1. The summed E-state index contributed by atoms with van der Waals surface area (Å²) in [6, 6.07) is 3.42. The number of aromatic nitrogens is 3. The molecular formula is C14H18N4O2. The second kappa shape index (κ2) is 5.20. The van der Waals surface area contributed by atoms with Gasteiger partial charge in [0.2, 0.25) is 0 Å². The van der Waals surface area contributed by atoms with Crippen LogP contribution >= 0.6 is 0 Å². The Labute approximate surface area is 117 Å². The van der Waals surface area contributed by atoms with Gasteiger partial charge in [-0.3, -0.25) is 0 Å². The van der Waals surface area contributed by atoms with Crippen molar-refractivity contribution in [2.75, 3.05) is 26.7 Å². The largest absolute Gasteiger partial charge is 0.465 e. The van der Waals surface area contributed by atoms with Crippen LogP contribution in [0.5, 0.6) is 0 Å². The second-order valence-corrected chi connectivity index (χ2v) is 5.06. The molecule has 6 nitrogen and oxygen atoms in total. The number of pyridine rings is 1. The molecule has 0 aliphatic carbocycles. The summed E-state index contributed by atoms with van der Waals surface area (Å²) in [5, 5.41) is 4.52. The van der Waals surface area contributed by atoms with Gasteiger partial charge in [0.25, 0.3) is 0 Å². The average molecular weight is 274 g/mol. The van der Waals surface area contributed by atoms with E-state index in [1.807, 2.05) is 0 Å². The Morgan fingerprint density at radius 1 is 1.55 bits per heavy atom. The minimum atomic E-state index is -0.352. The van der Waals surface area contributed by atoms with Gasteiger partial charge in [-0.15, -0.1) is 0 Å². The van der Waals surface area contributed by atoms with Crippen LogP contribution in [0.4, 0.5) is 0 Å². The molecule has 1 aliphatic rings. The maximum absolute atomic E-state index is 11.5. The molecule has 1 unspecified atom stereocenters. The summed E-state index contributed by atoms with van der Waals surface area (Å²) >= 11 is 0. The first-order valence-electron chi connectivity index (χ1n) is 6.88. The van der Waals surface area contributed by atoms with Crippen molar-refractivity contribution in [1.29, 1.82) is 0 Å². The Hall–Kier alpha value is -1.95. The van der Waals surface area contributed by atoms with Gasteiger partial charge in [-0.05, 0) is 31.6 Å². The molecule has 2 aromatic rings. The van der Waals surface area contributed by atoms with Gasteiger partial charge in [-0.2, -0.15) is 5.10 Å². The molecule has 0 aromatic carbocycles. The molecule has 1 aliphatic heterocycles. The van der Waals surface area contributed by atoms with E-state index in [9.17, 15) is 4.79 Å². The monoisotopic (exact) mass is 274 g/mol. The molecule has 0 amide bonds. The first kappa shape index (κ1) is 13.1. The fourth-order valence-electron chi connectivity index (χ4n) is 2.65. The highest BCUT2D eigenvalue weighted by atomic mass is 16.5. The Kier molecular flexibility index (Phi) is 3.40. The molecule has 3 rings (SSSR count). The Morgan fingerprint density at radius 3 is 3.10 bits per heavy atom. The molecule has 0 saturated carbocycles. The highest BCUT2D eigenvalue weighted by Crippen LogP contribution is 2.24. The zero-order valence-electron chi connectivity index (χ0n) is 11.7. The SMILES string of the molecule is CCN1CCC(c2nc3cc(C(=O)OC)ccn3n2)C1. The van der Waals surface area contributed by atoms with Crippen LogP contribution in [0.25, 0.3) is 5.65 Å². The van der Waals surface area contributed by atoms with E-state index in [0.717, 1.165) is 31.9 Å². The molecular weight excluding hydrogens is 256 g/mol. The number of esters is 1. The van der Waals surface area contributed by atoms with Crippen molar-refractivity contribution >= 4 is 11.6 Å². The van der Waals surface area contributed by atoms with Crippen molar-refractivity contribution in [3.8, 4) is 0 Å². The summed E-state index contributed by atoms with van der Waals surface area (Å²) in [4.78, 5) is 18.5. The standard InChI is InChI=1S/C14H18N4O2/c1-3-17-6-4-11(9-17)13-15-12-8-10(14(19)20-2)5-7-18(12)16-13/h5,7-8,11H,3-4,6,9H2,1-2H3. The van der Waals surface area contributed by atoms with Crippen molar-refractivity contribution in [2.24, 2.45) is 0 Å². The third-order valence-corrected chi connectivity index (χ3v) is 3.86. The second-order valence-electron chi connectivity index (χ2n) is 5.06. The molecule has 106 valence electrons. The van der Waals surface area contributed by atoms with Crippen molar-refractivity contribution in [1.82, 2.24) is 19.5 Å². The van der Waals surface area contributed by atoms with Gasteiger partial charge in [0.05, 0.1) is 12.7 Å². The summed E-state index contributed by atoms with van der Waals surface area (Å²) < 4.78 is 6.44. The van der Waals surface area contributed by atoms with Crippen molar-refractivity contribution in [3.05, 3.63) is 29.7 Å². The summed E-state index contributed by atoms with van der Waals surface area (Å²) in [6.07, 6.45) is 2.85. The molecule has 1 saturated heterocycles. The van der Waals surface area contributed by atoms with Crippen LogP contribution in [0.15, 0.2) is 18.3 Å². The van der Waals surface area contributed by atoms with Gasteiger partial charge in [0.1, 0.15) is 0 Å². The van der Waals surface area contributed by atoms with Gasteiger partial charge in [-0.1, -0.05) is 6.92 Å². The number of ether oxygens (including phenoxy) is 1. The normalized spacial score (nSPS) is 19.6. The summed E-state index contributed by atoms with van der Waals surface area (Å²) in [5.74, 6) is 0.898. The van der Waals surface area contributed by atoms with Crippen LogP contribution in [0, 0.1) is 0 Å². The minimum absolute atomic E-state index is 0.352. The molecule has 0 bridgehead atoms. The maximum atomic E-state index is 11.5. The number of carbonyl (C=O) groups excluding carboxylic acids is 1. The lowest BCUT2D eigenvalue weighted by Crippen LogP contribution is -2.19. The van der Waals surface area contributed by atoms with Gasteiger partial charge in [0, 0.05) is 18.7 Å². The van der Waals surface area contributed by atoms with E-state index < -0.39 is 0 Å². The lowest BCUT2D eigenvalue weighted by molar-refractivity contribution is 0.0600. The predicted octanol–water partition coefficient (Wildman–Crippen LogP) is 1.33. The van der Waals surface area contributed by atoms with Crippen LogP contribution in [-0.4, -0.2) is 52.2 Å². The number of methoxy groups -OCH3 is 1. The van der Waals surface area contributed by atoms with Gasteiger partial charge in [-0.25, -0.2) is 14.3 Å². The molecule has 0 radical (unpaired) electrons. The van der Waals surface area contributed by atoms with Crippen LogP contribution in [-0.2, 0) is 4.74 Å². The Balaban J connectivity index is 1.89. The highest BCUT2D eigenvalue weighted by Gasteiger charge is 2.26. The third kappa shape index (κ3) is 2.27. The van der Waals surface area contributed by atoms with E-state index in [1.165, 1.54) is 7.11 Å². The molecule has 1 fully saturated rings. The van der Waals surface area contributed by atoms with Gasteiger partial charge in [0.15, 0.2) is 11.5 Å². The van der Waals surface area contributed by atoms with E-state index in [0.29, 0.717) is 17.1 Å². The average Bonchev–Trinajstić information content (AvgIpc) is 3.11. The lowest BCUT2D eigenvalue weighted by Gasteiger charge is -2.10. The molecule has 6 heteroatoms. The topological polar surface area (TPSA) is 59.7 Å². The number of nitrogens with zero attached hydrogens (tertiary/aromatic N) is 4. The molecule has 0 N–H and O–H groups in total. The first-order valence-corrected chi connectivity index (χ1v) is 6.88. The molecule has 2 aromatic heterocycles. The van der Waals surface area contributed by atoms with E-state index in [2.05, 4.69) is 21.9 Å². The fourth-order valence-corrected chi connectivity index (χ4v) is 2.65. The lowest BCUT2D eigenvalue weighted by atomic mass is 10.1. The third-order valence-electron chi connectivity index (χ3n) is 3.86. The number of carbonyl (C=O) groups is 1. The van der Waals surface area contributed by atoms with Gasteiger partial charge >= 0.3 is 5.97 Å². The van der Waals surface area contributed by atoms with Crippen LogP contribution in [0.2, 0.25) is 0 Å². The van der Waals surface area contributed by atoms with Crippen molar-refractivity contribution < 1.29 is 9.53 Å². The zero-order chi connectivity index (χ0) is 14.1. The Bertz CT molecular complexity index is 637. The first-order chi connectivity index (χ1) is 9.71. The molecule has 0 spiro atoms. The minimum Gasteiger partial charge on any atom is -0.465 e. The van der Waals surface area contributed by atoms with E-state index in [-0.39, 0.29) is 5.97 Å². The molecule has 20 heavy (non-hydrogen) atoms. The number of fused-ring (bicyclic) bond motifs is 1. The van der Waals surface area contributed by atoms with Gasteiger partial charge < -0.3 is 9.64 Å². The summed E-state index contributed by atoms with van der Waals surface area (Å²) in [7, 11) is 1.37. The van der Waals surface area contributed by atoms with Crippen molar-refractivity contribution in [3.63, 3.8) is 0 Å². The number of hydrogen-bond acceptors (Lipinski definition) is 5. The number of rotatable bonds is 3. The smallest absolute Gasteiger partial charge is 0.338 e. The predicted molar refractivity (Wildman–Crippen MR) is 73.8 cm³/mol. The molecule has 1 atom stereocenters. The number of hydrogen-bond donors (Lipinski definition) is 0. The van der Waals surface area contributed by atoms with Crippen LogP contribution < -0.4 is 0 Å². The quantitative estimate of drug-likeness (QED) is 0.790. The number of likely N-dealkylation sites (tertiary alicyclic amines) is 1. The highest BCUT2D eigenvalue weighted by molar-refractivity contribution is 5.90. The van der Waals surface area contributed by atoms with E-state index >= 15 is 0 Å². The zero-order valence-corrected chi connectivity index (χ0v) is 11.7. The Morgan fingerprint density at radius 2 is 2.40 bits per heavy atom. The molecule has 3 heterocycles. The fraction of sp³-hybridized carbons (Fsp3) is 0.500. The van der Waals surface area contributed by atoms with Crippen molar-refractivity contribution in [2.45, 2.75) is 19.3 Å². The van der Waals surface area contributed by atoms with E-state index in [4.69, 9.17) is 4.74 Å². The van der Waals surface area contributed by atoms with Crippen LogP contribution in [0.3, 0.4) is 0 Å². The summed E-state index contributed by atoms with van der Waals surface area (Å²) in [5.41, 5.74) is 1.19.